The molecule has 3 aliphatic rings. The number of rotatable bonds is 5. The number of amides is 2. The monoisotopic (exact) mass is 375 g/mol. The summed E-state index contributed by atoms with van der Waals surface area (Å²) in [5.74, 6) is 0.0445. The first-order chi connectivity index (χ1) is 13.2. The normalized spacial score (nSPS) is 25.0. The highest BCUT2D eigenvalue weighted by atomic mass is 16.6. The van der Waals surface area contributed by atoms with E-state index >= 15 is 0 Å². The van der Waals surface area contributed by atoms with Crippen molar-refractivity contribution in [2.45, 2.75) is 56.7 Å². The Kier molecular flexibility index (Phi) is 5.33. The van der Waals surface area contributed by atoms with Crippen molar-refractivity contribution in [2.24, 2.45) is 0 Å². The van der Waals surface area contributed by atoms with E-state index in [1.165, 1.54) is 0 Å². The summed E-state index contributed by atoms with van der Waals surface area (Å²) in [6, 6.07) is 2.14. The van der Waals surface area contributed by atoms with Crippen molar-refractivity contribution < 1.29 is 14.3 Å². The number of nitrogens with zero attached hydrogens (tertiary/aromatic N) is 4. The predicted molar refractivity (Wildman–Crippen MR) is 99.1 cm³/mol. The molecule has 4 heterocycles. The van der Waals surface area contributed by atoms with Crippen molar-refractivity contribution in [2.75, 3.05) is 32.7 Å². The Bertz CT molecular complexity index is 656. The molecule has 1 aromatic rings. The van der Waals surface area contributed by atoms with Gasteiger partial charge in [0.15, 0.2) is 0 Å². The number of carbonyl (C=O) groups is 2. The third-order valence-electron chi connectivity index (χ3n) is 6.08. The van der Waals surface area contributed by atoms with Crippen LogP contribution in [0.25, 0.3) is 0 Å². The summed E-state index contributed by atoms with van der Waals surface area (Å²) in [6.07, 6.45) is 9.13. The molecule has 1 aromatic heterocycles. The van der Waals surface area contributed by atoms with Gasteiger partial charge in [0.05, 0.1) is 6.54 Å². The van der Waals surface area contributed by atoms with E-state index in [1.807, 2.05) is 21.8 Å². The SMILES string of the molecule is O=C1OC2(CCNCC2)CN1CC(=O)N1CCCCC1CCn1cccn1. The average molecular weight is 375 g/mol. The summed E-state index contributed by atoms with van der Waals surface area (Å²) in [6.45, 7) is 3.97. The zero-order valence-corrected chi connectivity index (χ0v) is 15.8. The quantitative estimate of drug-likeness (QED) is 0.837. The first-order valence-electron chi connectivity index (χ1n) is 10.1. The van der Waals surface area contributed by atoms with Crippen LogP contribution in [0.4, 0.5) is 4.79 Å². The highest BCUT2D eigenvalue weighted by molar-refractivity contribution is 5.83. The topological polar surface area (TPSA) is 79.7 Å². The van der Waals surface area contributed by atoms with Crippen molar-refractivity contribution in [1.29, 1.82) is 0 Å². The van der Waals surface area contributed by atoms with Gasteiger partial charge in [0, 0.05) is 44.4 Å². The number of hydrogen-bond donors (Lipinski definition) is 1. The van der Waals surface area contributed by atoms with Gasteiger partial charge in [0.2, 0.25) is 5.91 Å². The lowest BCUT2D eigenvalue weighted by Crippen LogP contribution is -2.49. The van der Waals surface area contributed by atoms with Crippen molar-refractivity contribution in [3.05, 3.63) is 18.5 Å². The number of carbonyl (C=O) groups excluding carboxylic acids is 2. The second kappa shape index (κ2) is 7.88. The Morgan fingerprint density at radius 2 is 2.19 bits per heavy atom. The smallest absolute Gasteiger partial charge is 0.410 e. The van der Waals surface area contributed by atoms with Crippen molar-refractivity contribution in [3.63, 3.8) is 0 Å². The second-order valence-electron chi connectivity index (χ2n) is 7.95. The van der Waals surface area contributed by atoms with Gasteiger partial charge in [0.25, 0.3) is 0 Å². The highest BCUT2D eigenvalue weighted by Gasteiger charge is 2.46. The zero-order chi connectivity index (χ0) is 18.7. The van der Waals surface area contributed by atoms with Gasteiger partial charge < -0.3 is 15.0 Å². The van der Waals surface area contributed by atoms with E-state index in [1.54, 1.807) is 11.1 Å². The molecule has 0 aromatic carbocycles. The Morgan fingerprint density at radius 1 is 1.33 bits per heavy atom. The van der Waals surface area contributed by atoms with Gasteiger partial charge in [-0.15, -0.1) is 0 Å². The molecule has 0 radical (unpaired) electrons. The molecule has 3 aliphatic heterocycles. The number of ether oxygens (including phenoxy) is 1. The van der Waals surface area contributed by atoms with Crippen LogP contribution in [-0.2, 0) is 16.1 Å². The summed E-state index contributed by atoms with van der Waals surface area (Å²) in [5.41, 5.74) is -0.399. The van der Waals surface area contributed by atoms with Crippen molar-refractivity contribution >= 4 is 12.0 Å². The fourth-order valence-electron chi connectivity index (χ4n) is 4.55. The molecule has 8 heteroatoms. The van der Waals surface area contributed by atoms with Gasteiger partial charge in [0.1, 0.15) is 12.1 Å². The van der Waals surface area contributed by atoms with Gasteiger partial charge >= 0.3 is 6.09 Å². The third-order valence-corrected chi connectivity index (χ3v) is 6.08. The molecule has 1 unspecified atom stereocenters. The third kappa shape index (κ3) is 4.10. The van der Waals surface area contributed by atoms with E-state index < -0.39 is 5.60 Å². The van der Waals surface area contributed by atoms with Gasteiger partial charge in [-0.2, -0.15) is 5.10 Å². The van der Waals surface area contributed by atoms with Crippen LogP contribution in [0.2, 0.25) is 0 Å². The van der Waals surface area contributed by atoms with Crippen LogP contribution in [0, 0.1) is 0 Å². The Morgan fingerprint density at radius 3 is 2.96 bits per heavy atom. The van der Waals surface area contributed by atoms with Gasteiger partial charge in [-0.1, -0.05) is 0 Å². The summed E-state index contributed by atoms with van der Waals surface area (Å²) in [4.78, 5) is 28.9. The van der Waals surface area contributed by atoms with Crippen LogP contribution in [0.5, 0.6) is 0 Å². The maximum atomic E-state index is 13.0. The minimum atomic E-state index is -0.399. The number of aromatic nitrogens is 2. The molecule has 1 atom stereocenters. The molecule has 27 heavy (non-hydrogen) atoms. The average Bonchev–Trinajstić information content (AvgIpc) is 3.29. The van der Waals surface area contributed by atoms with Crippen LogP contribution in [0.15, 0.2) is 18.5 Å². The van der Waals surface area contributed by atoms with E-state index in [2.05, 4.69) is 10.4 Å². The summed E-state index contributed by atoms with van der Waals surface area (Å²) < 4.78 is 7.59. The van der Waals surface area contributed by atoms with Crippen LogP contribution in [0.1, 0.15) is 38.5 Å². The molecule has 148 valence electrons. The second-order valence-corrected chi connectivity index (χ2v) is 7.95. The van der Waals surface area contributed by atoms with E-state index in [0.29, 0.717) is 6.54 Å². The molecule has 0 aliphatic carbocycles. The van der Waals surface area contributed by atoms with Crippen LogP contribution >= 0.6 is 0 Å². The lowest BCUT2D eigenvalue weighted by Gasteiger charge is -2.36. The zero-order valence-electron chi connectivity index (χ0n) is 15.8. The molecule has 2 amide bonds. The van der Waals surface area contributed by atoms with Gasteiger partial charge in [-0.25, -0.2) is 4.79 Å². The standard InChI is InChI=1S/C19H29N5O3/c25-17(14-22-15-19(27-18(22)26)6-9-20-10-7-19)24-12-2-1-4-16(24)5-13-23-11-3-8-21-23/h3,8,11,16,20H,1-2,4-7,9-10,12-15H2. The molecule has 0 bridgehead atoms. The molecular formula is C19H29N5O3. The number of likely N-dealkylation sites (tertiary alicyclic amines) is 1. The van der Waals surface area contributed by atoms with E-state index in [9.17, 15) is 9.59 Å². The molecule has 8 nitrogen and oxygen atoms in total. The number of piperidine rings is 2. The van der Waals surface area contributed by atoms with Crippen molar-refractivity contribution in [1.82, 2.24) is 24.9 Å². The maximum Gasteiger partial charge on any atom is 0.410 e. The van der Waals surface area contributed by atoms with Crippen LogP contribution < -0.4 is 5.32 Å². The lowest BCUT2D eigenvalue weighted by molar-refractivity contribution is -0.135. The Labute approximate surface area is 159 Å². The molecule has 3 saturated heterocycles. The first-order valence-corrected chi connectivity index (χ1v) is 10.1. The fraction of sp³-hybridized carbons (Fsp3) is 0.737. The number of aryl methyl sites for hydroxylation is 1. The van der Waals surface area contributed by atoms with Crippen LogP contribution in [-0.4, -0.2) is 75.9 Å². The van der Waals surface area contributed by atoms with E-state index in [-0.39, 0.29) is 24.6 Å². The summed E-state index contributed by atoms with van der Waals surface area (Å²) >= 11 is 0. The van der Waals surface area contributed by atoms with Crippen molar-refractivity contribution in [3.8, 4) is 0 Å². The minimum Gasteiger partial charge on any atom is -0.441 e. The Balaban J connectivity index is 1.35. The van der Waals surface area contributed by atoms with Gasteiger partial charge in [-0.05, 0) is 44.8 Å². The van der Waals surface area contributed by atoms with Crippen LogP contribution in [0.3, 0.4) is 0 Å². The maximum absolute atomic E-state index is 13.0. The summed E-state index contributed by atoms with van der Waals surface area (Å²) in [5, 5.41) is 7.55. The van der Waals surface area contributed by atoms with E-state index in [0.717, 1.165) is 64.7 Å². The Hall–Kier alpha value is -2.09. The number of hydrogen-bond acceptors (Lipinski definition) is 5. The lowest BCUT2D eigenvalue weighted by atomic mass is 9.92. The molecule has 1 N–H and O–H groups in total. The molecule has 0 saturated carbocycles. The highest BCUT2D eigenvalue weighted by Crippen LogP contribution is 2.31. The molecule has 1 spiro atoms. The molecular weight excluding hydrogens is 346 g/mol. The van der Waals surface area contributed by atoms with Gasteiger partial charge in [-0.3, -0.25) is 14.4 Å². The first kappa shape index (κ1) is 18.3. The van der Waals surface area contributed by atoms with E-state index in [4.69, 9.17) is 4.74 Å². The predicted octanol–water partition coefficient (Wildman–Crippen LogP) is 1.23. The molecule has 4 rings (SSSR count). The minimum absolute atomic E-state index is 0.0445. The largest absolute Gasteiger partial charge is 0.441 e. The number of nitrogens with one attached hydrogen (secondary N) is 1. The fourth-order valence-corrected chi connectivity index (χ4v) is 4.55. The summed E-state index contributed by atoms with van der Waals surface area (Å²) in [7, 11) is 0. The molecule has 3 fully saturated rings.